The van der Waals surface area contributed by atoms with E-state index in [0.717, 1.165) is 6.54 Å². The second kappa shape index (κ2) is 5.49. The van der Waals surface area contributed by atoms with Gasteiger partial charge in [-0.05, 0) is 35.4 Å². The summed E-state index contributed by atoms with van der Waals surface area (Å²) in [7, 11) is 0. The number of rotatable bonds is 4. The Kier molecular flexibility index (Phi) is 4.55. The highest BCUT2D eigenvalue weighted by atomic mass is 14.5. The van der Waals surface area contributed by atoms with Crippen LogP contribution in [0.5, 0.6) is 0 Å². The lowest BCUT2D eigenvalue weighted by Crippen LogP contribution is -2.14. The fourth-order valence-electron chi connectivity index (χ4n) is 2.02. The van der Waals surface area contributed by atoms with E-state index in [1.807, 2.05) is 0 Å². The Morgan fingerprint density at radius 3 is 2.06 bits per heavy atom. The van der Waals surface area contributed by atoms with Gasteiger partial charge >= 0.3 is 0 Å². The molecule has 1 aromatic carbocycles. The monoisotopic (exact) mass is 219 g/mol. The van der Waals surface area contributed by atoms with Gasteiger partial charge in [0.05, 0.1) is 0 Å². The molecule has 0 unspecified atom stereocenters. The lowest BCUT2D eigenvalue weighted by molar-refractivity contribution is 0.587. The molecule has 0 fully saturated rings. The van der Waals surface area contributed by atoms with Gasteiger partial charge in [-0.3, -0.25) is 0 Å². The minimum atomic E-state index is 0.238. The molecule has 0 heterocycles. The van der Waals surface area contributed by atoms with Gasteiger partial charge in [-0.2, -0.15) is 0 Å². The van der Waals surface area contributed by atoms with Gasteiger partial charge in [0.2, 0.25) is 0 Å². The van der Waals surface area contributed by atoms with Crippen molar-refractivity contribution in [1.29, 1.82) is 0 Å². The Hall–Kier alpha value is -0.820. The molecule has 1 rings (SSSR count). The van der Waals surface area contributed by atoms with Crippen molar-refractivity contribution in [3.63, 3.8) is 0 Å². The molecule has 0 radical (unpaired) electrons. The standard InChI is InChI=1S/C15H25N/c1-5-6-13(11-16)12-7-9-14(10-8-12)15(2,3)4/h7-10,13H,5-6,11,16H2,1-4H3/t13-/m1/s1. The molecule has 0 amide bonds. The molecule has 0 aromatic heterocycles. The van der Waals surface area contributed by atoms with Crippen LogP contribution >= 0.6 is 0 Å². The Morgan fingerprint density at radius 1 is 1.12 bits per heavy atom. The van der Waals surface area contributed by atoms with E-state index >= 15 is 0 Å². The molecule has 1 aromatic rings. The lowest BCUT2D eigenvalue weighted by Gasteiger charge is -2.21. The van der Waals surface area contributed by atoms with E-state index in [0.29, 0.717) is 5.92 Å². The van der Waals surface area contributed by atoms with Crippen LogP contribution in [0, 0.1) is 0 Å². The third-order valence-corrected chi connectivity index (χ3v) is 3.17. The van der Waals surface area contributed by atoms with Crippen molar-refractivity contribution in [2.45, 2.75) is 51.9 Å². The predicted molar refractivity (Wildman–Crippen MR) is 71.8 cm³/mol. The molecule has 1 atom stereocenters. The molecule has 0 saturated carbocycles. The second-order valence-corrected chi connectivity index (χ2v) is 5.59. The quantitative estimate of drug-likeness (QED) is 0.818. The Bertz CT molecular complexity index is 305. The van der Waals surface area contributed by atoms with Crippen molar-refractivity contribution in [3.05, 3.63) is 35.4 Å². The Balaban J connectivity index is 2.85. The molecule has 16 heavy (non-hydrogen) atoms. The smallest absolute Gasteiger partial charge is 0.000824 e. The van der Waals surface area contributed by atoms with Gasteiger partial charge in [-0.15, -0.1) is 0 Å². The topological polar surface area (TPSA) is 26.0 Å². The van der Waals surface area contributed by atoms with E-state index < -0.39 is 0 Å². The minimum Gasteiger partial charge on any atom is -0.330 e. The average Bonchev–Trinajstić information content (AvgIpc) is 2.25. The summed E-state index contributed by atoms with van der Waals surface area (Å²) in [6, 6.07) is 8.98. The van der Waals surface area contributed by atoms with Crippen LogP contribution in [-0.4, -0.2) is 6.54 Å². The van der Waals surface area contributed by atoms with Crippen LogP contribution in [0.25, 0.3) is 0 Å². The van der Waals surface area contributed by atoms with E-state index in [2.05, 4.69) is 52.0 Å². The summed E-state index contributed by atoms with van der Waals surface area (Å²) in [6.45, 7) is 9.70. The van der Waals surface area contributed by atoms with Gasteiger partial charge in [-0.1, -0.05) is 58.4 Å². The van der Waals surface area contributed by atoms with E-state index in [1.165, 1.54) is 24.0 Å². The highest BCUT2D eigenvalue weighted by molar-refractivity contribution is 5.29. The number of hydrogen-bond donors (Lipinski definition) is 1. The highest BCUT2D eigenvalue weighted by Crippen LogP contribution is 2.25. The van der Waals surface area contributed by atoms with Crippen molar-refractivity contribution < 1.29 is 0 Å². The molecule has 2 N–H and O–H groups in total. The number of nitrogens with two attached hydrogens (primary N) is 1. The van der Waals surface area contributed by atoms with E-state index in [4.69, 9.17) is 5.73 Å². The van der Waals surface area contributed by atoms with Gasteiger partial charge in [0.1, 0.15) is 0 Å². The van der Waals surface area contributed by atoms with Crippen molar-refractivity contribution in [3.8, 4) is 0 Å². The summed E-state index contributed by atoms with van der Waals surface area (Å²) in [5.74, 6) is 0.527. The van der Waals surface area contributed by atoms with E-state index in [1.54, 1.807) is 0 Å². The summed E-state index contributed by atoms with van der Waals surface area (Å²) in [5, 5.41) is 0. The molecule has 90 valence electrons. The largest absolute Gasteiger partial charge is 0.330 e. The van der Waals surface area contributed by atoms with Gasteiger partial charge in [-0.25, -0.2) is 0 Å². The third kappa shape index (κ3) is 3.34. The normalized spacial score (nSPS) is 13.8. The second-order valence-electron chi connectivity index (χ2n) is 5.59. The molecular weight excluding hydrogens is 194 g/mol. The summed E-state index contributed by atoms with van der Waals surface area (Å²) in [4.78, 5) is 0. The fraction of sp³-hybridized carbons (Fsp3) is 0.600. The first kappa shape index (κ1) is 13.2. The first-order valence-corrected chi connectivity index (χ1v) is 6.29. The van der Waals surface area contributed by atoms with Crippen LogP contribution < -0.4 is 5.73 Å². The van der Waals surface area contributed by atoms with Gasteiger partial charge in [0.15, 0.2) is 0 Å². The maximum Gasteiger partial charge on any atom is -0.000824 e. The molecule has 0 bridgehead atoms. The SMILES string of the molecule is CCC[C@H](CN)c1ccc(C(C)(C)C)cc1. The van der Waals surface area contributed by atoms with Crippen molar-refractivity contribution in [1.82, 2.24) is 0 Å². The first-order valence-electron chi connectivity index (χ1n) is 6.29. The Morgan fingerprint density at radius 2 is 1.69 bits per heavy atom. The summed E-state index contributed by atoms with van der Waals surface area (Å²) in [6.07, 6.45) is 2.38. The molecule has 0 aliphatic heterocycles. The van der Waals surface area contributed by atoms with Crippen LogP contribution in [0.4, 0.5) is 0 Å². The van der Waals surface area contributed by atoms with Crippen LogP contribution in [-0.2, 0) is 5.41 Å². The van der Waals surface area contributed by atoms with Crippen LogP contribution in [0.15, 0.2) is 24.3 Å². The van der Waals surface area contributed by atoms with Crippen molar-refractivity contribution in [2.75, 3.05) is 6.54 Å². The molecule has 0 spiro atoms. The summed E-state index contributed by atoms with van der Waals surface area (Å²) in [5.41, 5.74) is 8.83. The minimum absolute atomic E-state index is 0.238. The first-order chi connectivity index (χ1) is 7.49. The van der Waals surface area contributed by atoms with E-state index in [-0.39, 0.29) is 5.41 Å². The molecule has 0 aliphatic rings. The van der Waals surface area contributed by atoms with Crippen LogP contribution in [0.1, 0.15) is 57.6 Å². The summed E-state index contributed by atoms with van der Waals surface area (Å²) >= 11 is 0. The predicted octanol–water partition coefficient (Wildman–Crippen LogP) is 3.83. The fourth-order valence-corrected chi connectivity index (χ4v) is 2.02. The zero-order chi connectivity index (χ0) is 12.2. The van der Waals surface area contributed by atoms with E-state index in [9.17, 15) is 0 Å². The number of benzene rings is 1. The maximum absolute atomic E-state index is 5.81. The highest BCUT2D eigenvalue weighted by Gasteiger charge is 2.14. The van der Waals surface area contributed by atoms with Crippen molar-refractivity contribution >= 4 is 0 Å². The molecule has 0 saturated heterocycles. The van der Waals surface area contributed by atoms with Gasteiger partial charge < -0.3 is 5.73 Å². The van der Waals surface area contributed by atoms with Crippen LogP contribution in [0.3, 0.4) is 0 Å². The zero-order valence-electron chi connectivity index (χ0n) is 11.1. The van der Waals surface area contributed by atoms with Gasteiger partial charge in [0.25, 0.3) is 0 Å². The van der Waals surface area contributed by atoms with Gasteiger partial charge in [0, 0.05) is 0 Å². The molecular formula is C15H25N. The molecule has 1 heteroatoms. The molecule has 0 aliphatic carbocycles. The Labute approximate surface area is 100 Å². The maximum atomic E-state index is 5.81. The third-order valence-electron chi connectivity index (χ3n) is 3.17. The van der Waals surface area contributed by atoms with Crippen LogP contribution in [0.2, 0.25) is 0 Å². The van der Waals surface area contributed by atoms with Crippen molar-refractivity contribution in [2.24, 2.45) is 5.73 Å². The average molecular weight is 219 g/mol. The summed E-state index contributed by atoms with van der Waals surface area (Å²) < 4.78 is 0. The number of hydrogen-bond acceptors (Lipinski definition) is 1. The lowest BCUT2D eigenvalue weighted by atomic mass is 9.85. The zero-order valence-corrected chi connectivity index (χ0v) is 11.1. The molecule has 1 nitrogen and oxygen atoms in total.